The topological polar surface area (TPSA) is 59.8 Å². The Bertz CT molecular complexity index is 770. The van der Waals surface area contributed by atoms with Crippen LogP contribution in [0.25, 0.3) is 5.69 Å². The molecule has 0 spiro atoms. The minimum atomic E-state index is -0.334. The van der Waals surface area contributed by atoms with E-state index in [2.05, 4.69) is 15.4 Å². The molecule has 0 fully saturated rings. The predicted molar refractivity (Wildman–Crippen MR) is 80.8 cm³/mol. The van der Waals surface area contributed by atoms with Crippen LogP contribution in [0, 0.1) is 0 Å². The van der Waals surface area contributed by atoms with Crippen LogP contribution < -0.4 is 5.32 Å². The van der Waals surface area contributed by atoms with E-state index in [1.165, 1.54) is 0 Å². The summed E-state index contributed by atoms with van der Waals surface area (Å²) in [5.41, 5.74) is 1.19. The summed E-state index contributed by atoms with van der Waals surface area (Å²) in [5, 5.41) is 7.22. The lowest BCUT2D eigenvalue weighted by Gasteiger charge is -2.02. The summed E-state index contributed by atoms with van der Waals surface area (Å²) >= 11 is 5.78. The van der Waals surface area contributed by atoms with E-state index in [1.807, 2.05) is 30.3 Å². The third-order valence-corrected chi connectivity index (χ3v) is 3.01. The standard InChI is InChI=1S/C15H11ClN4O/c16-13-7-4-8-14(17-13)18-15(21)12-9-10-20(19-12)11-5-2-1-3-6-11/h1-10H,(H,17,18,21). The number of hydrogen-bond donors (Lipinski definition) is 1. The molecular formula is C15H11ClN4O. The van der Waals surface area contributed by atoms with Crippen LogP contribution in [-0.2, 0) is 0 Å². The Morgan fingerprint density at radius 1 is 1.05 bits per heavy atom. The normalized spacial score (nSPS) is 10.3. The first-order valence-electron chi connectivity index (χ1n) is 6.27. The number of anilines is 1. The Labute approximate surface area is 126 Å². The van der Waals surface area contributed by atoms with E-state index < -0.39 is 0 Å². The maximum absolute atomic E-state index is 12.1. The zero-order chi connectivity index (χ0) is 14.7. The van der Waals surface area contributed by atoms with Crippen molar-refractivity contribution in [1.82, 2.24) is 14.8 Å². The Morgan fingerprint density at radius 2 is 1.86 bits per heavy atom. The van der Waals surface area contributed by atoms with E-state index in [0.717, 1.165) is 5.69 Å². The van der Waals surface area contributed by atoms with Crippen molar-refractivity contribution in [3.63, 3.8) is 0 Å². The molecule has 6 heteroatoms. The Kier molecular flexibility index (Phi) is 3.66. The van der Waals surface area contributed by atoms with Gasteiger partial charge in [-0.25, -0.2) is 9.67 Å². The number of carbonyl (C=O) groups excluding carboxylic acids is 1. The fourth-order valence-corrected chi connectivity index (χ4v) is 1.99. The minimum Gasteiger partial charge on any atom is -0.305 e. The van der Waals surface area contributed by atoms with E-state index in [1.54, 1.807) is 35.1 Å². The SMILES string of the molecule is O=C(Nc1cccc(Cl)n1)c1ccn(-c2ccccc2)n1. The van der Waals surface area contributed by atoms with E-state index in [9.17, 15) is 4.79 Å². The number of aromatic nitrogens is 3. The molecule has 0 saturated carbocycles. The summed E-state index contributed by atoms with van der Waals surface area (Å²) in [7, 11) is 0. The van der Waals surface area contributed by atoms with E-state index >= 15 is 0 Å². The summed E-state index contributed by atoms with van der Waals surface area (Å²) in [4.78, 5) is 16.1. The lowest BCUT2D eigenvalue weighted by Crippen LogP contribution is -2.14. The molecule has 0 atom stereocenters. The average Bonchev–Trinajstić information content (AvgIpc) is 2.98. The van der Waals surface area contributed by atoms with Crippen molar-refractivity contribution in [3.8, 4) is 5.69 Å². The highest BCUT2D eigenvalue weighted by atomic mass is 35.5. The van der Waals surface area contributed by atoms with Gasteiger partial charge in [0.05, 0.1) is 5.69 Å². The molecule has 0 radical (unpaired) electrons. The minimum absolute atomic E-state index is 0.306. The third kappa shape index (κ3) is 3.09. The van der Waals surface area contributed by atoms with Gasteiger partial charge < -0.3 is 5.32 Å². The molecule has 2 aromatic heterocycles. The Hall–Kier alpha value is -2.66. The number of pyridine rings is 1. The zero-order valence-corrected chi connectivity index (χ0v) is 11.7. The Morgan fingerprint density at radius 3 is 2.62 bits per heavy atom. The quantitative estimate of drug-likeness (QED) is 0.756. The molecule has 1 N–H and O–H groups in total. The van der Waals surface area contributed by atoms with E-state index in [-0.39, 0.29) is 5.91 Å². The van der Waals surface area contributed by atoms with Gasteiger partial charge in [-0.05, 0) is 30.3 Å². The molecule has 21 heavy (non-hydrogen) atoms. The van der Waals surface area contributed by atoms with Crippen molar-refractivity contribution >= 4 is 23.3 Å². The van der Waals surface area contributed by atoms with Gasteiger partial charge in [-0.15, -0.1) is 0 Å². The summed E-state index contributed by atoms with van der Waals surface area (Å²) in [6.07, 6.45) is 1.73. The molecule has 0 aliphatic rings. The molecular weight excluding hydrogens is 288 g/mol. The number of halogens is 1. The first-order valence-corrected chi connectivity index (χ1v) is 6.65. The van der Waals surface area contributed by atoms with E-state index in [4.69, 9.17) is 11.6 Å². The zero-order valence-electron chi connectivity index (χ0n) is 10.9. The van der Waals surface area contributed by atoms with Gasteiger partial charge in [0.2, 0.25) is 0 Å². The maximum atomic E-state index is 12.1. The van der Waals surface area contributed by atoms with Crippen molar-refractivity contribution in [2.45, 2.75) is 0 Å². The average molecular weight is 299 g/mol. The lowest BCUT2D eigenvalue weighted by molar-refractivity contribution is 0.102. The van der Waals surface area contributed by atoms with Gasteiger partial charge in [0, 0.05) is 6.20 Å². The number of benzene rings is 1. The van der Waals surface area contributed by atoms with Crippen LogP contribution in [-0.4, -0.2) is 20.7 Å². The van der Waals surface area contributed by atoms with Crippen molar-refractivity contribution in [3.05, 3.63) is 71.6 Å². The third-order valence-electron chi connectivity index (χ3n) is 2.80. The van der Waals surface area contributed by atoms with Gasteiger partial charge in [-0.2, -0.15) is 5.10 Å². The molecule has 5 nitrogen and oxygen atoms in total. The monoisotopic (exact) mass is 298 g/mol. The number of nitrogens with one attached hydrogen (secondary N) is 1. The van der Waals surface area contributed by atoms with Crippen molar-refractivity contribution in [2.75, 3.05) is 5.32 Å². The fraction of sp³-hybridized carbons (Fsp3) is 0. The highest BCUT2D eigenvalue weighted by Crippen LogP contribution is 2.11. The Balaban J connectivity index is 1.78. The number of rotatable bonds is 3. The second-order valence-electron chi connectivity index (χ2n) is 4.28. The highest BCUT2D eigenvalue weighted by molar-refractivity contribution is 6.29. The van der Waals surface area contributed by atoms with Crippen molar-refractivity contribution in [1.29, 1.82) is 0 Å². The molecule has 0 aliphatic carbocycles. The summed E-state index contributed by atoms with van der Waals surface area (Å²) in [6, 6.07) is 16.2. The van der Waals surface area contributed by atoms with Crippen LogP contribution in [0.5, 0.6) is 0 Å². The number of nitrogens with zero attached hydrogens (tertiary/aromatic N) is 3. The number of carbonyl (C=O) groups is 1. The predicted octanol–water partition coefficient (Wildman–Crippen LogP) is 3.17. The molecule has 1 aromatic carbocycles. The smallest absolute Gasteiger partial charge is 0.277 e. The first-order chi connectivity index (χ1) is 10.2. The van der Waals surface area contributed by atoms with Gasteiger partial charge in [0.25, 0.3) is 5.91 Å². The number of amides is 1. The van der Waals surface area contributed by atoms with Crippen molar-refractivity contribution in [2.24, 2.45) is 0 Å². The van der Waals surface area contributed by atoms with Crippen LogP contribution in [0.3, 0.4) is 0 Å². The van der Waals surface area contributed by atoms with Crippen LogP contribution in [0.2, 0.25) is 5.15 Å². The first kappa shape index (κ1) is 13.3. The van der Waals surface area contributed by atoms with Crippen LogP contribution in [0.4, 0.5) is 5.82 Å². The van der Waals surface area contributed by atoms with Gasteiger partial charge >= 0.3 is 0 Å². The van der Waals surface area contributed by atoms with Crippen LogP contribution in [0.15, 0.2) is 60.8 Å². The molecule has 3 rings (SSSR count). The van der Waals surface area contributed by atoms with Crippen LogP contribution >= 0.6 is 11.6 Å². The number of para-hydroxylation sites is 1. The van der Waals surface area contributed by atoms with Crippen molar-refractivity contribution < 1.29 is 4.79 Å². The summed E-state index contributed by atoms with van der Waals surface area (Å²) in [5.74, 6) is 0.0567. The van der Waals surface area contributed by atoms with Gasteiger partial charge in [-0.3, -0.25) is 4.79 Å². The van der Waals surface area contributed by atoms with Gasteiger partial charge in [0.15, 0.2) is 5.69 Å². The number of hydrogen-bond acceptors (Lipinski definition) is 3. The maximum Gasteiger partial charge on any atom is 0.277 e. The largest absolute Gasteiger partial charge is 0.305 e. The summed E-state index contributed by atoms with van der Waals surface area (Å²) in [6.45, 7) is 0. The molecule has 3 aromatic rings. The van der Waals surface area contributed by atoms with E-state index in [0.29, 0.717) is 16.7 Å². The molecule has 1 amide bonds. The molecule has 2 heterocycles. The molecule has 0 saturated heterocycles. The fourth-order valence-electron chi connectivity index (χ4n) is 1.83. The second kappa shape index (κ2) is 5.76. The molecule has 0 unspecified atom stereocenters. The molecule has 0 bridgehead atoms. The summed E-state index contributed by atoms with van der Waals surface area (Å²) < 4.78 is 1.64. The van der Waals surface area contributed by atoms with Crippen LogP contribution in [0.1, 0.15) is 10.5 Å². The molecule has 104 valence electrons. The highest BCUT2D eigenvalue weighted by Gasteiger charge is 2.11. The second-order valence-corrected chi connectivity index (χ2v) is 4.67. The lowest BCUT2D eigenvalue weighted by atomic mass is 10.3. The molecule has 0 aliphatic heterocycles. The van der Waals surface area contributed by atoms with Gasteiger partial charge in [-0.1, -0.05) is 35.9 Å². The van der Waals surface area contributed by atoms with Gasteiger partial charge in [0.1, 0.15) is 11.0 Å².